The van der Waals surface area contributed by atoms with E-state index in [9.17, 15) is 5.11 Å². The lowest BCUT2D eigenvalue weighted by molar-refractivity contribution is 0.0533. The van der Waals surface area contributed by atoms with Crippen molar-refractivity contribution in [2.24, 2.45) is 5.41 Å². The fourth-order valence-electron chi connectivity index (χ4n) is 3.72. The second-order valence-corrected chi connectivity index (χ2v) is 7.14. The van der Waals surface area contributed by atoms with E-state index >= 15 is 0 Å². The molecule has 0 radical (unpaired) electrons. The summed E-state index contributed by atoms with van der Waals surface area (Å²) < 4.78 is 0. The van der Waals surface area contributed by atoms with E-state index in [1.54, 1.807) is 0 Å². The van der Waals surface area contributed by atoms with Crippen LogP contribution in [-0.2, 0) is 0 Å². The molecule has 0 saturated carbocycles. The SMILES string of the molecule is CC1(CN2CCC(O)CC2)CCN(c2ccccc2)CC1. The fourth-order valence-corrected chi connectivity index (χ4v) is 3.72. The van der Waals surface area contributed by atoms with Crippen LogP contribution < -0.4 is 4.90 Å². The maximum absolute atomic E-state index is 9.62. The lowest BCUT2D eigenvalue weighted by atomic mass is 9.79. The Hall–Kier alpha value is -1.06. The van der Waals surface area contributed by atoms with Gasteiger partial charge in [-0.25, -0.2) is 0 Å². The number of hydrogen-bond donors (Lipinski definition) is 1. The molecule has 21 heavy (non-hydrogen) atoms. The van der Waals surface area contributed by atoms with E-state index in [2.05, 4.69) is 47.1 Å². The maximum atomic E-state index is 9.62. The highest BCUT2D eigenvalue weighted by atomic mass is 16.3. The number of rotatable bonds is 3. The highest BCUT2D eigenvalue weighted by Gasteiger charge is 2.32. The van der Waals surface area contributed by atoms with Crippen LogP contribution in [0.3, 0.4) is 0 Å². The summed E-state index contributed by atoms with van der Waals surface area (Å²) in [4.78, 5) is 5.08. The molecule has 3 heteroatoms. The van der Waals surface area contributed by atoms with Gasteiger partial charge in [0.05, 0.1) is 6.10 Å². The number of hydrogen-bond acceptors (Lipinski definition) is 3. The highest BCUT2D eigenvalue weighted by molar-refractivity contribution is 5.46. The molecule has 0 atom stereocenters. The Morgan fingerprint density at radius 1 is 1.05 bits per heavy atom. The normalized spacial score (nSPS) is 24.2. The minimum absolute atomic E-state index is 0.0611. The third kappa shape index (κ3) is 3.78. The Bertz CT molecular complexity index is 432. The second-order valence-electron chi connectivity index (χ2n) is 7.14. The lowest BCUT2D eigenvalue weighted by Gasteiger charge is -2.44. The monoisotopic (exact) mass is 288 g/mol. The Morgan fingerprint density at radius 3 is 2.29 bits per heavy atom. The van der Waals surface area contributed by atoms with Gasteiger partial charge in [0, 0.05) is 38.4 Å². The number of anilines is 1. The molecule has 2 aliphatic rings. The first-order valence-electron chi connectivity index (χ1n) is 8.35. The van der Waals surface area contributed by atoms with Crippen LogP contribution in [0.25, 0.3) is 0 Å². The quantitative estimate of drug-likeness (QED) is 0.926. The first-order chi connectivity index (χ1) is 10.1. The molecule has 0 aliphatic carbocycles. The van der Waals surface area contributed by atoms with E-state index in [0.717, 1.165) is 39.0 Å². The van der Waals surface area contributed by atoms with Gasteiger partial charge < -0.3 is 14.9 Å². The molecule has 0 unspecified atom stereocenters. The number of para-hydroxylation sites is 1. The van der Waals surface area contributed by atoms with Crippen LogP contribution in [0.15, 0.2) is 30.3 Å². The van der Waals surface area contributed by atoms with Gasteiger partial charge in [-0.3, -0.25) is 0 Å². The molecule has 0 bridgehead atoms. The van der Waals surface area contributed by atoms with Crippen LogP contribution in [0.1, 0.15) is 32.6 Å². The Kier molecular flexibility index (Phi) is 4.51. The second kappa shape index (κ2) is 6.37. The van der Waals surface area contributed by atoms with Gasteiger partial charge >= 0.3 is 0 Å². The van der Waals surface area contributed by atoms with Crippen molar-refractivity contribution >= 4 is 5.69 Å². The summed E-state index contributed by atoms with van der Waals surface area (Å²) in [5.74, 6) is 0. The molecular weight excluding hydrogens is 260 g/mol. The van der Waals surface area contributed by atoms with Crippen molar-refractivity contribution in [3.63, 3.8) is 0 Å². The van der Waals surface area contributed by atoms with Crippen molar-refractivity contribution in [3.8, 4) is 0 Å². The first-order valence-corrected chi connectivity index (χ1v) is 8.35. The van der Waals surface area contributed by atoms with Crippen molar-refractivity contribution in [2.45, 2.75) is 38.7 Å². The predicted molar refractivity (Wildman–Crippen MR) is 87.7 cm³/mol. The average Bonchev–Trinajstić information content (AvgIpc) is 2.51. The molecule has 0 aromatic heterocycles. The van der Waals surface area contributed by atoms with E-state index < -0.39 is 0 Å². The number of aliphatic hydroxyl groups is 1. The van der Waals surface area contributed by atoms with Crippen LogP contribution in [0.5, 0.6) is 0 Å². The van der Waals surface area contributed by atoms with Crippen molar-refractivity contribution in [1.29, 1.82) is 0 Å². The zero-order chi connectivity index (χ0) is 14.7. The molecule has 1 N–H and O–H groups in total. The number of benzene rings is 1. The molecule has 1 aromatic carbocycles. The summed E-state index contributed by atoms with van der Waals surface area (Å²) in [5, 5.41) is 9.62. The van der Waals surface area contributed by atoms with Crippen LogP contribution in [-0.4, -0.2) is 48.8 Å². The summed E-state index contributed by atoms with van der Waals surface area (Å²) >= 11 is 0. The van der Waals surface area contributed by atoms with Crippen molar-refractivity contribution < 1.29 is 5.11 Å². The molecule has 0 spiro atoms. The third-order valence-corrected chi connectivity index (χ3v) is 5.25. The van der Waals surface area contributed by atoms with Gasteiger partial charge in [0.15, 0.2) is 0 Å². The highest BCUT2D eigenvalue weighted by Crippen LogP contribution is 2.34. The Balaban J connectivity index is 1.52. The van der Waals surface area contributed by atoms with Gasteiger partial charge in [0.1, 0.15) is 0 Å². The van der Waals surface area contributed by atoms with E-state index in [1.807, 2.05) is 0 Å². The number of nitrogens with zero attached hydrogens (tertiary/aromatic N) is 2. The Labute approximate surface area is 128 Å². The summed E-state index contributed by atoms with van der Waals surface area (Å²) in [6.45, 7) is 8.11. The standard InChI is InChI=1S/C18H28N2O/c1-18(15-19-11-7-17(21)8-12-19)9-13-20(14-10-18)16-5-3-2-4-6-16/h2-6,17,21H,7-15H2,1H3. The number of likely N-dealkylation sites (tertiary alicyclic amines) is 1. The van der Waals surface area contributed by atoms with Crippen LogP contribution >= 0.6 is 0 Å². The average molecular weight is 288 g/mol. The van der Waals surface area contributed by atoms with Gasteiger partial charge in [-0.05, 0) is 43.2 Å². The van der Waals surface area contributed by atoms with Crippen LogP contribution in [0.4, 0.5) is 5.69 Å². The van der Waals surface area contributed by atoms with Crippen LogP contribution in [0.2, 0.25) is 0 Å². The summed E-state index contributed by atoms with van der Waals surface area (Å²) in [7, 11) is 0. The van der Waals surface area contributed by atoms with Gasteiger partial charge in [-0.15, -0.1) is 0 Å². The van der Waals surface area contributed by atoms with E-state index in [0.29, 0.717) is 5.41 Å². The first kappa shape index (κ1) is 14.9. The Morgan fingerprint density at radius 2 is 1.67 bits per heavy atom. The minimum atomic E-state index is -0.0611. The molecule has 2 saturated heterocycles. The maximum Gasteiger partial charge on any atom is 0.0564 e. The van der Waals surface area contributed by atoms with Crippen LogP contribution in [0, 0.1) is 5.41 Å². The molecule has 3 rings (SSSR count). The molecule has 3 nitrogen and oxygen atoms in total. The predicted octanol–water partition coefficient (Wildman–Crippen LogP) is 2.75. The largest absolute Gasteiger partial charge is 0.393 e. The van der Waals surface area contributed by atoms with E-state index in [4.69, 9.17) is 0 Å². The van der Waals surface area contributed by atoms with Crippen molar-refractivity contribution in [1.82, 2.24) is 4.90 Å². The van der Waals surface area contributed by atoms with Gasteiger partial charge in [-0.1, -0.05) is 25.1 Å². The zero-order valence-corrected chi connectivity index (χ0v) is 13.2. The fraction of sp³-hybridized carbons (Fsp3) is 0.667. The smallest absolute Gasteiger partial charge is 0.0564 e. The number of aliphatic hydroxyl groups excluding tert-OH is 1. The van der Waals surface area contributed by atoms with Gasteiger partial charge in [0.2, 0.25) is 0 Å². The minimum Gasteiger partial charge on any atom is -0.393 e. The molecule has 2 fully saturated rings. The summed E-state index contributed by atoms with van der Waals surface area (Å²) in [6.07, 6.45) is 4.37. The van der Waals surface area contributed by atoms with Crippen molar-refractivity contribution in [2.75, 3.05) is 37.6 Å². The lowest BCUT2D eigenvalue weighted by Crippen LogP contribution is -2.47. The summed E-state index contributed by atoms with van der Waals surface area (Å²) in [6, 6.07) is 10.8. The zero-order valence-electron chi connectivity index (χ0n) is 13.2. The van der Waals surface area contributed by atoms with Gasteiger partial charge in [0.25, 0.3) is 0 Å². The summed E-state index contributed by atoms with van der Waals surface area (Å²) in [5.41, 5.74) is 1.80. The van der Waals surface area contributed by atoms with Crippen molar-refractivity contribution in [3.05, 3.63) is 30.3 Å². The third-order valence-electron chi connectivity index (χ3n) is 5.25. The molecule has 1 aromatic rings. The number of piperidine rings is 2. The molecule has 116 valence electrons. The molecule has 2 heterocycles. The van der Waals surface area contributed by atoms with Gasteiger partial charge in [-0.2, -0.15) is 0 Å². The molecular formula is C18H28N2O. The van der Waals surface area contributed by atoms with E-state index in [-0.39, 0.29) is 6.10 Å². The van der Waals surface area contributed by atoms with E-state index in [1.165, 1.54) is 25.1 Å². The topological polar surface area (TPSA) is 26.7 Å². The molecule has 2 aliphatic heterocycles. The molecule has 0 amide bonds.